The van der Waals surface area contributed by atoms with Crippen LogP contribution in [0.2, 0.25) is 0 Å². The van der Waals surface area contributed by atoms with Crippen molar-refractivity contribution in [3.63, 3.8) is 0 Å². The quantitative estimate of drug-likeness (QED) is 0.260. The number of hydrogen-bond acceptors (Lipinski definition) is 6. The van der Waals surface area contributed by atoms with Gasteiger partial charge in [0, 0.05) is 11.8 Å². The number of nitrogens with one attached hydrogen (secondary N) is 1. The number of benzene rings is 2. The summed E-state index contributed by atoms with van der Waals surface area (Å²) in [7, 11) is 1.23. The van der Waals surface area contributed by atoms with Crippen LogP contribution in [-0.4, -0.2) is 43.9 Å². The third-order valence-electron chi connectivity index (χ3n) is 4.99. The maximum absolute atomic E-state index is 13.3. The number of aliphatic hydroxyl groups is 1. The fourth-order valence-electron chi connectivity index (χ4n) is 3.10. The molecule has 0 saturated carbocycles. The number of hydrogen-bond donors (Lipinski definition) is 2. The Morgan fingerprint density at radius 2 is 1.84 bits per heavy atom. The number of carbonyl (C=O) groups excluding carboxylic acids is 2. The molecule has 2 atom stereocenters. The molecule has 1 aromatic heterocycles. The zero-order valence-corrected chi connectivity index (χ0v) is 20.5. The van der Waals surface area contributed by atoms with E-state index in [0.717, 1.165) is 16.4 Å². The van der Waals surface area contributed by atoms with Gasteiger partial charge in [-0.1, -0.05) is 6.07 Å². The summed E-state index contributed by atoms with van der Waals surface area (Å²) >= 11 is -2.01. The number of nitrogens with zero attached hydrogens (tertiary/aromatic N) is 2. The van der Waals surface area contributed by atoms with E-state index in [4.69, 9.17) is 4.74 Å². The highest BCUT2D eigenvalue weighted by Gasteiger charge is 2.32. The monoisotopic (exact) mass is 539 g/mol. The maximum Gasteiger partial charge on any atom is 0.416 e. The average molecular weight is 540 g/mol. The van der Waals surface area contributed by atoms with Crippen LogP contribution in [0.4, 0.5) is 23.2 Å². The minimum Gasteiger partial charge on any atom is -0.588 e. The second-order valence-corrected chi connectivity index (χ2v) is 9.29. The molecule has 0 bridgehead atoms. The average Bonchev–Trinajstić information content (AvgIpc) is 2.83. The van der Waals surface area contributed by atoms with Crippen molar-refractivity contribution < 1.29 is 41.5 Å². The number of aromatic nitrogens is 1. The molecule has 0 saturated heterocycles. The molecule has 2 aromatic carbocycles. The molecule has 13 heteroatoms. The van der Waals surface area contributed by atoms with Gasteiger partial charge in [-0.05, 0) is 56.3 Å². The minimum absolute atomic E-state index is 0.0508. The Balaban J connectivity index is 1.92. The Labute approximate surface area is 212 Å². The Hall–Kier alpha value is -3.68. The first-order chi connectivity index (χ1) is 17.3. The lowest BCUT2D eigenvalue weighted by Crippen LogP contribution is -2.39. The molecule has 0 aliphatic rings. The zero-order chi connectivity index (χ0) is 27.5. The molecule has 0 spiro atoms. The summed E-state index contributed by atoms with van der Waals surface area (Å²) in [6.45, 7) is 2.61. The van der Waals surface area contributed by atoms with E-state index in [1.807, 2.05) is 0 Å². The van der Waals surface area contributed by atoms with Crippen LogP contribution < -0.4 is 10.1 Å². The van der Waals surface area contributed by atoms with Gasteiger partial charge in [0.05, 0.1) is 23.9 Å². The normalized spacial score (nSPS) is 13.0. The van der Waals surface area contributed by atoms with Gasteiger partial charge in [-0.2, -0.15) is 21.9 Å². The summed E-state index contributed by atoms with van der Waals surface area (Å²) < 4.78 is 72.3. The summed E-state index contributed by atoms with van der Waals surface area (Å²) in [5, 5.41) is 11.9. The number of aliphatic hydroxyl groups excluding tert-OH is 1. The third-order valence-corrected chi connectivity index (χ3v) is 6.32. The van der Waals surface area contributed by atoms with Crippen molar-refractivity contribution >= 4 is 28.9 Å². The van der Waals surface area contributed by atoms with Crippen molar-refractivity contribution in [1.82, 2.24) is 9.29 Å². The lowest BCUT2D eigenvalue weighted by Gasteiger charge is -2.21. The van der Waals surface area contributed by atoms with E-state index in [1.54, 1.807) is 0 Å². The Morgan fingerprint density at radius 1 is 1.14 bits per heavy atom. The number of ether oxygens (including phenoxy) is 1. The number of likely N-dealkylation sites (N-methyl/N-ethyl adjacent to an activating group) is 1. The molecular formula is C24H21F4N3O5S. The number of alkyl halides is 3. The van der Waals surface area contributed by atoms with Crippen molar-refractivity contribution in [3.8, 4) is 11.5 Å². The van der Waals surface area contributed by atoms with Crippen molar-refractivity contribution in [3.05, 3.63) is 77.4 Å². The zero-order valence-electron chi connectivity index (χ0n) is 19.7. The van der Waals surface area contributed by atoms with E-state index in [0.29, 0.717) is 12.1 Å². The number of aryl methyl sites for hydroxylation is 1. The van der Waals surface area contributed by atoms with Crippen LogP contribution in [0.15, 0.2) is 59.5 Å². The van der Waals surface area contributed by atoms with Gasteiger partial charge in [0.25, 0.3) is 11.8 Å². The number of rotatable bonds is 7. The summed E-state index contributed by atoms with van der Waals surface area (Å²) in [5.41, 5.74) is -1.17. The molecule has 0 radical (unpaired) electrons. The van der Waals surface area contributed by atoms with E-state index in [-0.39, 0.29) is 27.6 Å². The molecule has 3 rings (SSSR count). The van der Waals surface area contributed by atoms with E-state index in [1.165, 1.54) is 51.2 Å². The van der Waals surface area contributed by atoms with Crippen molar-refractivity contribution in [1.29, 1.82) is 0 Å². The first kappa shape index (κ1) is 27.9. The number of amides is 2. The molecule has 196 valence electrons. The van der Waals surface area contributed by atoms with Crippen LogP contribution in [0.3, 0.4) is 0 Å². The summed E-state index contributed by atoms with van der Waals surface area (Å²) in [6.07, 6.45) is -6.10. The van der Waals surface area contributed by atoms with Crippen LogP contribution >= 0.6 is 0 Å². The molecule has 0 aliphatic carbocycles. The van der Waals surface area contributed by atoms with Gasteiger partial charge in [0.2, 0.25) is 5.95 Å². The molecular weight excluding hydrogens is 518 g/mol. The van der Waals surface area contributed by atoms with Gasteiger partial charge in [-0.3, -0.25) is 9.59 Å². The second-order valence-electron chi connectivity index (χ2n) is 7.77. The molecule has 1 unspecified atom stereocenters. The van der Waals surface area contributed by atoms with Crippen LogP contribution in [0.5, 0.6) is 11.5 Å². The topological polar surface area (TPSA) is 115 Å². The molecule has 2 N–H and O–H groups in total. The predicted molar refractivity (Wildman–Crippen MR) is 126 cm³/mol. The van der Waals surface area contributed by atoms with Crippen LogP contribution in [-0.2, 0) is 22.3 Å². The fourth-order valence-corrected chi connectivity index (χ4v) is 4.15. The Kier molecular flexibility index (Phi) is 8.41. The predicted octanol–water partition coefficient (Wildman–Crippen LogP) is 4.45. The highest BCUT2D eigenvalue weighted by atomic mass is 32.2. The van der Waals surface area contributed by atoms with Gasteiger partial charge in [-0.25, -0.2) is 4.98 Å². The largest absolute Gasteiger partial charge is 0.588 e. The number of anilines is 1. The van der Waals surface area contributed by atoms with Gasteiger partial charge in [0.15, 0.2) is 4.90 Å². The number of carbonyl (C=O) groups is 2. The summed E-state index contributed by atoms with van der Waals surface area (Å²) in [5.74, 6) is -2.97. The molecule has 37 heavy (non-hydrogen) atoms. The smallest absolute Gasteiger partial charge is 0.416 e. The third kappa shape index (κ3) is 6.76. The maximum atomic E-state index is 13.3. The van der Waals surface area contributed by atoms with Gasteiger partial charge in [0.1, 0.15) is 29.0 Å². The van der Waals surface area contributed by atoms with Gasteiger partial charge in [-0.15, -0.1) is 0 Å². The first-order valence-electron chi connectivity index (χ1n) is 10.6. The lowest BCUT2D eigenvalue weighted by molar-refractivity contribution is -0.137. The van der Waals surface area contributed by atoms with Crippen molar-refractivity contribution in [2.24, 2.45) is 0 Å². The van der Waals surface area contributed by atoms with E-state index < -0.39 is 52.7 Å². The molecule has 0 fully saturated rings. The fraction of sp³-hybridized carbons (Fsp3) is 0.208. The van der Waals surface area contributed by atoms with E-state index in [9.17, 15) is 36.8 Å². The van der Waals surface area contributed by atoms with Crippen LogP contribution in [0.1, 0.15) is 28.5 Å². The van der Waals surface area contributed by atoms with Gasteiger partial charge < -0.3 is 19.7 Å². The molecule has 1 heterocycles. The van der Waals surface area contributed by atoms with Gasteiger partial charge >= 0.3 is 6.18 Å². The van der Waals surface area contributed by atoms with Crippen LogP contribution in [0, 0.1) is 12.9 Å². The molecule has 3 aromatic rings. The van der Waals surface area contributed by atoms with Crippen molar-refractivity contribution in [2.45, 2.75) is 31.0 Å². The lowest BCUT2D eigenvalue weighted by atomic mass is 10.1. The molecule has 2 amide bonds. The minimum atomic E-state index is -4.73. The van der Waals surface area contributed by atoms with E-state index >= 15 is 0 Å². The second kappa shape index (κ2) is 11.2. The van der Waals surface area contributed by atoms with Crippen LogP contribution in [0.25, 0.3) is 0 Å². The Bertz CT molecular complexity index is 1320. The van der Waals surface area contributed by atoms with E-state index in [2.05, 4.69) is 10.3 Å². The molecule has 8 nitrogen and oxygen atoms in total. The Morgan fingerprint density at radius 3 is 2.46 bits per heavy atom. The number of pyridine rings is 1. The highest BCUT2D eigenvalue weighted by Crippen LogP contribution is 2.36. The summed E-state index contributed by atoms with van der Waals surface area (Å²) in [6, 6.07) is 10.0. The highest BCUT2D eigenvalue weighted by molar-refractivity contribution is 7.89. The standard InChI is InChI=1S/C24H21F4N3O5S/c1-13-19(9-10-21(25)29-13)36-20-11-15(24(26,27)28)7-8-18(20)22(33)30-16-5-4-6-17(12-16)37(35)31(3)23(34)14(2)32/h4-12,14,32H,1-3H3,(H,30,33)/t14-,37?/m1/s1. The summed E-state index contributed by atoms with van der Waals surface area (Å²) in [4.78, 5) is 28.6. The molecule has 0 aliphatic heterocycles. The first-order valence-corrected chi connectivity index (χ1v) is 11.7. The SMILES string of the molecule is Cc1nc(F)ccc1Oc1cc(C(F)(F)F)ccc1C(=O)Nc1cccc([S+]([O-])N(C)C(=O)[C@@H](C)O)c1. The number of halogens is 4. The van der Waals surface area contributed by atoms with Crippen molar-refractivity contribution in [2.75, 3.05) is 12.4 Å².